The van der Waals surface area contributed by atoms with Gasteiger partial charge in [-0.15, -0.1) is 0 Å². The van der Waals surface area contributed by atoms with Crippen LogP contribution in [0.2, 0.25) is 0 Å². The highest BCUT2D eigenvalue weighted by molar-refractivity contribution is 7.91. The fraction of sp³-hybridized carbons (Fsp3) is 0.500. The minimum Gasteiger partial charge on any atom is -0.409 e. The summed E-state index contributed by atoms with van der Waals surface area (Å²) in [4.78, 5) is 0.251. The third kappa shape index (κ3) is 4.71. The van der Waals surface area contributed by atoms with E-state index in [1.54, 1.807) is 0 Å². The molecule has 1 saturated carbocycles. The molecular formula is C14H21N3O3S. The van der Waals surface area contributed by atoms with Crippen LogP contribution in [0.5, 0.6) is 0 Å². The van der Waals surface area contributed by atoms with Gasteiger partial charge in [-0.3, -0.25) is 0 Å². The van der Waals surface area contributed by atoms with Gasteiger partial charge in [0.05, 0.1) is 10.6 Å². The van der Waals surface area contributed by atoms with Crippen molar-refractivity contribution in [3.05, 3.63) is 29.8 Å². The Morgan fingerprint density at radius 2 is 1.95 bits per heavy atom. The molecule has 1 aliphatic carbocycles. The molecule has 0 bridgehead atoms. The van der Waals surface area contributed by atoms with Gasteiger partial charge < -0.3 is 16.3 Å². The second-order valence-electron chi connectivity index (χ2n) is 5.31. The number of amidine groups is 1. The first kappa shape index (κ1) is 15.8. The molecule has 0 radical (unpaired) electrons. The predicted octanol–water partition coefficient (Wildman–Crippen LogP) is 0.944. The van der Waals surface area contributed by atoms with Crippen LogP contribution < -0.4 is 11.1 Å². The van der Waals surface area contributed by atoms with Crippen LogP contribution >= 0.6 is 0 Å². The van der Waals surface area contributed by atoms with Gasteiger partial charge in [-0.05, 0) is 43.1 Å². The zero-order valence-electron chi connectivity index (χ0n) is 11.8. The standard InChI is InChI=1S/C14H21N3O3S/c15-14(17-18)12-3-5-13(6-4-12)21(19,20)10-9-16-8-7-11-1-2-11/h3-6,11,16,18H,1-2,7-10H2,(H2,15,17). The summed E-state index contributed by atoms with van der Waals surface area (Å²) in [7, 11) is -3.30. The van der Waals surface area contributed by atoms with E-state index in [-0.39, 0.29) is 16.5 Å². The maximum atomic E-state index is 12.1. The summed E-state index contributed by atoms with van der Waals surface area (Å²) in [6.45, 7) is 1.33. The number of rotatable bonds is 8. The summed E-state index contributed by atoms with van der Waals surface area (Å²) in [5.74, 6) is 0.876. The van der Waals surface area contributed by atoms with E-state index in [2.05, 4.69) is 10.5 Å². The SMILES string of the molecule is N/C(=N/O)c1ccc(S(=O)(=O)CCNCCC2CC2)cc1. The minimum absolute atomic E-state index is 0.0410. The molecule has 2 rings (SSSR count). The lowest BCUT2D eigenvalue weighted by atomic mass is 10.2. The van der Waals surface area contributed by atoms with Crippen molar-refractivity contribution in [2.75, 3.05) is 18.8 Å². The normalized spacial score (nSPS) is 16.1. The summed E-state index contributed by atoms with van der Waals surface area (Å²) >= 11 is 0. The molecule has 6 nitrogen and oxygen atoms in total. The lowest BCUT2D eigenvalue weighted by Crippen LogP contribution is -2.24. The van der Waals surface area contributed by atoms with Crippen LogP contribution in [0.4, 0.5) is 0 Å². The molecule has 0 spiro atoms. The van der Waals surface area contributed by atoms with Gasteiger partial charge in [0.15, 0.2) is 15.7 Å². The van der Waals surface area contributed by atoms with Gasteiger partial charge in [0.1, 0.15) is 0 Å². The van der Waals surface area contributed by atoms with Crippen LogP contribution in [0.3, 0.4) is 0 Å². The molecule has 7 heteroatoms. The van der Waals surface area contributed by atoms with Crippen LogP contribution in [0.25, 0.3) is 0 Å². The average molecular weight is 311 g/mol. The number of hydrogen-bond acceptors (Lipinski definition) is 5. The van der Waals surface area contributed by atoms with Crippen molar-refractivity contribution in [1.29, 1.82) is 0 Å². The Balaban J connectivity index is 1.85. The lowest BCUT2D eigenvalue weighted by molar-refractivity contribution is 0.318. The molecule has 0 amide bonds. The number of oxime groups is 1. The zero-order valence-corrected chi connectivity index (χ0v) is 12.6. The molecule has 1 aromatic rings. The van der Waals surface area contributed by atoms with E-state index in [1.807, 2.05) is 0 Å². The maximum Gasteiger partial charge on any atom is 0.179 e. The quantitative estimate of drug-likeness (QED) is 0.218. The van der Waals surface area contributed by atoms with E-state index in [0.717, 1.165) is 18.9 Å². The zero-order chi connectivity index (χ0) is 15.3. The Morgan fingerprint density at radius 3 is 2.52 bits per heavy atom. The first-order valence-electron chi connectivity index (χ1n) is 7.04. The molecule has 0 aliphatic heterocycles. The van der Waals surface area contributed by atoms with Gasteiger partial charge in [-0.25, -0.2) is 8.42 Å². The Kier molecular flexibility index (Phi) is 5.19. The Bertz CT molecular complexity index is 592. The first-order chi connectivity index (χ1) is 10.0. The van der Waals surface area contributed by atoms with Crippen molar-refractivity contribution in [3.8, 4) is 0 Å². The van der Waals surface area contributed by atoms with Gasteiger partial charge >= 0.3 is 0 Å². The van der Waals surface area contributed by atoms with Gasteiger partial charge in [0.25, 0.3) is 0 Å². The van der Waals surface area contributed by atoms with Crippen molar-refractivity contribution in [2.24, 2.45) is 16.8 Å². The number of sulfone groups is 1. The third-order valence-corrected chi connectivity index (χ3v) is 5.32. The van der Waals surface area contributed by atoms with Crippen LogP contribution in [0.1, 0.15) is 24.8 Å². The number of nitrogens with two attached hydrogens (primary N) is 1. The number of nitrogens with one attached hydrogen (secondary N) is 1. The van der Waals surface area contributed by atoms with E-state index in [9.17, 15) is 8.42 Å². The molecule has 1 aromatic carbocycles. The van der Waals surface area contributed by atoms with E-state index < -0.39 is 9.84 Å². The summed E-state index contributed by atoms with van der Waals surface area (Å²) in [5, 5.41) is 14.6. The van der Waals surface area contributed by atoms with Crippen molar-refractivity contribution < 1.29 is 13.6 Å². The number of benzene rings is 1. The molecule has 116 valence electrons. The fourth-order valence-electron chi connectivity index (χ4n) is 2.05. The highest BCUT2D eigenvalue weighted by Crippen LogP contribution is 2.31. The average Bonchev–Trinajstić information content (AvgIpc) is 3.30. The molecular weight excluding hydrogens is 290 g/mol. The minimum atomic E-state index is -3.30. The van der Waals surface area contributed by atoms with E-state index in [4.69, 9.17) is 10.9 Å². The van der Waals surface area contributed by atoms with E-state index in [0.29, 0.717) is 12.1 Å². The molecule has 0 atom stereocenters. The molecule has 0 heterocycles. The van der Waals surface area contributed by atoms with Crippen LogP contribution in [0.15, 0.2) is 34.3 Å². The van der Waals surface area contributed by atoms with Crippen LogP contribution in [-0.2, 0) is 9.84 Å². The Labute approximate surface area is 125 Å². The summed E-state index contributed by atoms with van der Waals surface area (Å²) in [5.41, 5.74) is 5.92. The number of hydrogen-bond donors (Lipinski definition) is 3. The smallest absolute Gasteiger partial charge is 0.179 e. The van der Waals surface area contributed by atoms with Crippen molar-refractivity contribution in [2.45, 2.75) is 24.2 Å². The molecule has 4 N–H and O–H groups in total. The lowest BCUT2D eigenvalue weighted by Gasteiger charge is -2.07. The van der Waals surface area contributed by atoms with E-state index >= 15 is 0 Å². The Hall–Kier alpha value is -1.60. The maximum absolute atomic E-state index is 12.1. The molecule has 0 aromatic heterocycles. The highest BCUT2D eigenvalue weighted by atomic mass is 32.2. The molecule has 21 heavy (non-hydrogen) atoms. The topological polar surface area (TPSA) is 105 Å². The summed E-state index contributed by atoms with van der Waals surface area (Å²) in [6.07, 6.45) is 3.76. The summed E-state index contributed by atoms with van der Waals surface area (Å²) in [6, 6.07) is 6.02. The van der Waals surface area contributed by atoms with Gasteiger partial charge in [-0.2, -0.15) is 0 Å². The number of nitrogens with zero attached hydrogens (tertiary/aromatic N) is 1. The second-order valence-corrected chi connectivity index (χ2v) is 7.42. The monoisotopic (exact) mass is 311 g/mol. The third-order valence-electron chi connectivity index (χ3n) is 3.59. The van der Waals surface area contributed by atoms with Gasteiger partial charge in [-0.1, -0.05) is 18.0 Å². The van der Waals surface area contributed by atoms with E-state index in [1.165, 1.54) is 37.1 Å². The van der Waals surface area contributed by atoms with Crippen LogP contribution in [0, 0.1) is 5.92 Å². The summed E-state index contributed by atoms with van der Waals surface area (Å²) < 4.78 is 24.3. The second kappa shape index (κ2) is 6.91. The van der Waals surface area contributed by atoms with Gasteiger partial charge in [0, 0.05) is 12.1 Å². The Morgan fingerprint density at radius 1 is 1.29 bits per heavy atom. The fourth-order valence-corrected chi connectivity index (χ4v) is 3.25. The molecule has 1 aliphatic rings. The molecule has 0 unspecified atom stereocenters. The largest absolute Gasteiger partial charge is 0.409 e. The van der Waals surface area contributed by atoms with Crippen molar-refractivity contribution in [3.63, 3.8) is 0 Å². The van der Waals surface area contributed by atoms with Crippen molar-refractivity contribution >= 4 is 15.7 Å². The predicted molar refractivity (Wildman–Crippen MR) is 81.2 cm³/mol. The van der Waals surface area contributed by atoms with Crippen LogP contribution in [-0.4, -0.2) is 38.3 Å². The molecule has 0 saturated heterocycles. The molecule has 1 fully saturated rings. The first-order valence-corrected chi connectivity index (χ1v) is 8.69. The van der Waals surface area contributed by atoms with Gasteiger partial charge in [0.2, 0.25) is 0 Å². The van der Waals surface area contributed by atoms with Crippen molar-refractivity contribution in [1.82, 2.24) is 5.32 Å². The highest BCUT2D eigenvalue weighted by Gasteiger charge is 2.20.